The predicted octanol–water partition coefficient (Wildman–Crippen LogP) is 5.38. The topological polar surface area (TPSA) is 0 Å². The third-order valence-corrected chi connectivity index (χ3v) is 3.88. The SMILES string of the molecule is CCCc1ccc2ccccc2c1Cc1ccccc1. The summed E-state index contributed by atoms with van der Waals surface area (Å²) >= 11 is 0. The first kappa shape index (κ1) is 12.9. The van der Waals surface area contributed by atoms with Crippen molar-refractivity contribution in [1.29, 1.82) is 0 Å². The van der Waals surface area contributed by atoms with Gasteiger partial charge >= 0.3 is 0 Å². The first-order chi connectivity index (χ1) is 9.88. The monoisotopic (exact) mass is 260 g/mol. The van der Waals surface area contributed by atoms with Crippen LogP contribution in [0, 0.1) is 0 Å². The maximum atomic E-state index is 2.31. The lowest BCUT2D eigenvalue weighted by atomic mass is 9.92. The summed E-state index contributed by atoms with van der Waals surface area (Å²) in [5.74, 6) is 0. The summed E-state index contributed by atoms with van der Waals surface area (Å²) in [4.78, 5) is 0. The Morgan fingerprint density at radius 2 is 1.50 bits per heavy atom. The normalized spacial score (nSPS) is 10.8. The van der Waals surface area contributed by atoms with Crippen molar-refractivity contribution >= 4 is 10.8 Å². The van der Waals surface area contributed by atoms with Crippen LogP contribution in [0.2, 0.25) is 0 Å². The van der Waals surface area contributed by atoms with E-state index < -0.39 is 0 Å². The van der Waals surface area contributed by atoms with Gasteiger partial charge < -0.3 is 0 Å². The summed E-state index contributed by atoms with van der Waals surface area (Å²) in [5, 5.41) is 2.75. The van der Waals surface area contributed by atoms with Crippen molar-refractivity contribution in [2.45, 2.75) is 26.2 Å². The smallest absolute Gasteiger partial charge is 0.00169 e. The summed E-state index contributed by atoms with van der Waals surface area (Å²) in [6, 6.07) is 24.1. The van der Waals surface area contributed by atoms with E-state index in [2.05, 4.69) is 73.7 Å². The second kappa shape index (κ2) is 5.92. The standard InChI is InChI=1S/C20H20/c1-2-8-17-13-14-18-11-6-7-12-19(18)20(17)15-16-9-4-3-5-10-16/h3-7,9-14H,2,8,15H2,1H3. The van der Waals surface area contributed by atoms with Gasteiger partial charge in [-0.3, -0.25) is 0 Å². The molecule has 0 nitrogen and oxygen atoms in total. The van der Waals surface area contributed by atoms with Gasteiger partial charge in [0.15, 0.2) is 0 Å². The largest absolute Gasteiger partial charge is 0.0651 e. The van der Waals surface area contributed by atoms with Crippen LogP contribution in [0.15, 0.2) is 66.7 Å². The van der Waals surface area contributed by atoms with E-state index in [0.29, 0.717) is 0 Å². The van der Waals surface area contributed by atoms with Crippen molar-refractivity contribution in [3.05, 3.63) is 83.4 Å². The molecule has 20 heavy (non-hydrogen) atoms. The zero-order chi connectivity index (χ0) is 13.8. The molecule has 0 aliphatic heterocycles. The second-order valence-electron chi connectivity index (χ2n) is 5.34. The molecule has 3 rings (SSSR count). The van der Waals surface area contributed by atoms with Crippen molar-refractivity contribution < 1.29 is 0 Å². The van der Waals surface area contributed by atoms with E-state index in [4.69, 9.17) is 0 Å². The molecule has 0 heteroatoms. The van der Waals surface area contributed by atoms with Crippen LogP contribution in [0.25, 0.3) is 10.8 Å². The fourth-order valence-electron chi connectivity index (χ4n) is 2.89. The number of benzene rings is 3. The molecule has 0 fully saturated rings. The lowest BCUT2D eigenvalue weighted by Gasteiger charge is -2.13. The van der Waals surface area contributed by atoms with Gasteiger partial charge in [0.25, 0.3) is 0 Å². The highest BCUT2D eigenvalue weighted by molar-refractivity contribution is 5.87. The van der Waals surface area contributed by atoms with Gasteiger partial charge in [-0.25, -0.2) is 0 Å². The Morgan fingerprint density at radius 1 is 0.750 bits per heavy atom. The van der Waals surface area contributed by atoms with E-state index >= 15 is 0 Å². The predicted molar refractivity (Wildman–Crippen MR) is 87.2 cm³/mol. The molecule has 0 N–H and O–H groups in total. The van der Waals surface area contributed by atoms with Crippen LogP contribution in [0.4, 0.5) is 0 Å². The lowest BCUT2D eigenvalue weighted by molar-refractivity contribution is 0.908. The molecule has 0 aromatic heterocycles. The summed E-state index contributed by atoms with van der Waals surface area (Å²) in [7, 11) is 0. The molecule has 0 amide bonds. The van der Waals surface area contributed by atoms with Crippen molar-refractivity contribution in [1.82, 2.24) is 0 Å². The minimum absolute atomic E-state index is 1.03. The fraction of sp³-hybridized carbons (Fsp3) is 0.200. The van der Waals surface area contributed by atoms with E-state index in [1.807, 2.05) is 0 Å². The molecule has 100 valence electrons. The maximum absolute atomic E-state index is 2.31. The van der Waals surface area contributed by atoms with Crippen LogP contribution in [0.1, 0.15) is 30.0 Å². The number of hydrogen-bond donors (Lipinski definition) is 0. The van der Waals surface area contributed by atoms with Crippen LogP contribution in [-0.2, 0) is 12.8 Å². The molecule has 3 aromatic rings. The lowest BCUT2D eigenvalue weighted by Crippen LogP contribution is -1.97. The van der Waals surface area contributed by atoms with Gasteiger partial charge in [0.05, 0.1) is 0 Å². The van der Waals surface area contributed by atoms with Gasteiger partial charge in [-0.2, -0.15) is 0 Å². The number of hydrogen-bond acceptors (Lipinski definition) is 0. The summed E-state index contributed by atoms with van der Waals surface area (Å²) in [5.41, 5.74) is 4.38. The zero-order valence-corrected chi connectivity index (χ0v) is 12.0. The average Bonchev–Trinajstić information content (AvgIpc) is 2.51. The highest BCUT2D eigenvalue weighted by Gasteiger charge is 2.07. The van der Waals surface area contributed by atoms with Crippen LogP contribution >= 0.6 is 0 Å². The van der Waals surface area contributed by atoms with Crippen molar-refractivity contribution in [3.63, 3.8) is 0 Å². The first-order valence-electron chi connectivity index (χ1n) is 7.42. The molecule has 0 saturated carbocycles. The Morgan fingerprint density at radius 3 is 2.30 bits per heavy atom. The van der Waals surface area contributed by atoms with Crippen molar-refractivity contribution in [2.75, 3.05) is 0 Å². The molecular formula is C20H20. The number of aryl methyl sites for hydroxylation is 1. The highest BCUT2D eigenvalue weighted by Crippen LogP contribution is 2.26. The van der Waals surface area contributed by atoms with Crippen LogP contribution < -0.4 is 0 Å². The quantitative estimate of drug-likeness (QED) is 0.590. The fourth-order valence-corrected chi connectivity index (χ4v) is 2.89. The second-order valence-corrected chi connectivity index (χ2v) is 5.34. The average molecular weight is 260 g/mol. The van der Waals surface area contributed by atoms with Gasteiger partial charge in [0, 0.05) is 0 Å². The van der Waals surface area contributed by atoms with Crippen molar-refractivity contribution in [2.24, 2.45) is 0 Å². The molecule has 0 bridgehead atoms. The third-order valence-electron chi connectivity index (χ3n) is 3.88. The van der Waals surface area contributed by atoms with Gasteiger partial charge in [0.1, 0.15) is 0 Å². The Bertz CT molecular complexity index is 696. The Balaban J connectivity index is 2.12. The first-order valence-corrected chi connectivity index (χ1v) is 7.42. The number of rotatable bonds is 4. The van der Waals surface area contributed by atoms with E-state index in [9.17, 15) is 0 Å². The Labute approximate surface area is 121 Å². The summed E-state index contributed by atoms with van der Waals surface area (Å²) in [6.07, 6.45) is 3.38. The van der Waals surface area contributed by atoms with Gasteiger partial charge in [-0.1, -0.05) is 80.1 Å². The van der Waals surface area contributed by atoms with Crippen molar-refractivity contribution in [3.8, 4) is 0 Å². The van der Waals surface area contributed by atoms with Gasteiger partial charge in [-0.15, -0.1) is 0 Å². The molecule has 0 spiro atoms. The van der Waals surface area contributed by atoms with Crippen LogP contribution in [0.5, 0.6) is 0 Å². The maximum Gasteiger partial charge on any atom is -0.00169 e. The molecule has 0 saturated heterocycles. The molecule has 0 aliphatic carbocycles. The third kappa shape index (κ3) is 2.60. The summed E-state index contributed by atoms with van der Waals surface area (Å²) < 4.78 is 0. The van der Waals surface area contributed by atoms with Crippen LogP contribution in [-0.4, -0.2) is 0 Å². The summed E-state index contributed by atoms with van der Waals surface area (Å²) in [6.45, 7) is 2.25. The van der Waals surface area contributed by atoms with E-state index in [0.717, 1.165) is 12.8 Å². The minimum Gasteiger partial charge on any atom is -0.0651 e. The van der Waals surface area contributed by atoms with E-state index in [1.165, 1.54) is 33.9 Å². The Kier molecular flexibility index (Phi) is 3.83. The minimum atomic E-state index is 1.03. The molecule has 0 unspecified atom stereocenters. The number of fused-ring (bicyclic) bond motifs is 1. The molecule has 0 heterocycles. The molecule has 0 radical (unpaired) electrons. The molecule has 0 aliphatic rings. The molecule has 3 aromatic carbocycles. The van der Waals surface area contributed by atoms with E-state index in [1.54, 1.807) is 0 Å². The van der Waals surface area contributed by atoms with Gasteiger partial charge in [-0.05, 0) is 40.3 Å². The van der Waals surface area contributed by atoms with Gasteiger partial charge in [0.2, 0.25) is 0 Å². The zero-order valence-electron chi connectivity index (χ0n) is 12.0. The highest BCUT2D eigenvalue weighted by atomic mass is 14.1. The van der Waals surface area contributed by atoms with Crippen LogP contribution in [0.3, 0.4) is 0 Å². The molecule has 0 atom stereocenters. The van der Waals surface area contributed by atoms with E-state index in [-0.39, 0.29) is 0 Å². The Hall–Kier alpha value is -2.08. The molecular weight excluding hydrogens is 240 g/mol.